The average Bonchev–Trinajstić information content (AvgIpc) is 2.84. The van der Waals surface area contributed by atoms with Gasteiger partial charge in [-0.1, -0.05) is 18.2 Å². The number of rotatable bonds is 3. The van der Waals surface area contributed by atoms with Crippen molar-refractivity contribution in [1.29, 1.82) is 0 Å². The number of fused-ring (bicyclic) bond motifs is 1. The topological polar surface area (TPSA) is 87.6 Å². The van der Waals surface area contributed by atoms with Crippen LogP contribution in [0.15, 0.2) is 58.4 Å². The highest BCUT2D eigenvalue weighted by molar-refractivity contribution is 7.90. The minimum atomic E-state index is -4.52. The molecule has 0 aromatic heterocycles. The van der Waals surface area contributed by atoms with Crippen molar-refractivity contribution in [2.75, 3.05) is 11.9 Å². The molecule has 1 aliphatic rings. The number of carbonyl (C=O) groups is 1. The Morgan fingerprint density at radius 1 is 1.12 bits per heavy atom. The number of aliphatic imine (C=N–C) groups is 1. The second-order valence-corrected chi connectivity index (χ2v) is 7.04. The first-order valence-corrected chi connectivity index (χ1v) is 8.79. The molecule has 1 amide bonds. The Morgan fingerprint density at radius 3 is 2.58 bits per heavy atom. The lowest BCUT2D eigenvalue weighted by atomic mass is 10.2. The van der Waals surface area contributed by atoms with Gasteiger partial charge in [0.05, 0.1) is 10.5 Å². The van der Waals surface area contributed by atoms with Gasteiger partial charge in [-0.05, 0) is 30.3 Å². The molecule has 0 radical (unpaired) electrons. The molecule has 1 heterocycles. The molecule has 0 saturated carbocycles. The van der Waals surface area contributed by atoms with Crippen molar-refractivity contribution in [3.63, 3.8) is 0 Å². The summed E-state index contributed by atoms with van der Waals surface area (Å²) in [7, 11) is -3.72. The first-order chi connectivity index (χ1) is 12.2. The van der Waals surface area contributed by atoms with E-state index in [0.29, 0.717) is 5.56 Å². The van der Waals surface area contributed by atoms with E-state index in [-0.39, 0.29) is 16.4 Å². The number of hydrogen-bond acceptors (Lipinski definition) is 4. The quantitative estimate of drug-likeness (QED) is 0.853. The van der Waals surface area contributed by atoms with Crippen molar-refractivity contribution in [3.8, 4) is 0 Å². The van der Waals surface area contributed by atoms with Crippen LogP contribution < -0.4 is 10.0 Å². The number of halogens is 3. The summed E-state index contributed by atoms with van der Waals surface area (Å²) in [4.78, 5) is 15.9. The summed E-state index contributed by atoms with van der Waals surface area (Å²) in [6.07, 6.45) is -4.52. The number of nitrogens with one attached hydrogen (secondary N) is 2. The van der Waals surface area contributed by atoms with Crippen LogP contribution in [0.1, 0.15) is 11.1 Å². The molecule has 2 aromatic carbocycles. The minimum Gasteiger partial charge on any atom is -0.324 e. The zero-order valence-electron chi connectivity index (χ0n) is 13.0. The van der Waals surface area contributed by atoms with Crippen LogP contribution in [0.5, 0.6) is 0 Å². The standard InChI is InChI=1S/C16H12F3N3O3S/c17-16(18,19)10-4-3-5-11(8-10)21-14(23)9-20-15-12-6-1-2-7-13(12)26(24,25)22-15/h1-8H,9H2,(H,20,22)(H,21,23). The van der Waals surface area contributed by atoms with Gasteiger partial charge < -0.3 is 5.32 Å². The Kier molecular flexibility index (Phi) is 4.45. The molecule has 2 aromatic rings. The van der Waals surface area contributed by atoms with Gasteiger partial charge in [0.25, 0.3) is 10.0 Å². The fourth-order valence-corrected chi connectivity index (χ4v) is 3.63. The molecule has 26 heavy (non-hydrogen) atoms. The number of alkyl halides is 3. The van der Waals surface area contributed by atoms with Crippen LogP contribution in [0, 0.1) is 0 Å². The summed E-state index contributed by atoms with van der Waals surface area (Å²) < 4.78 is 64.1. The highest BCUT2D eigenvalue weighted by atomic mass is 32.2. The highest BCUT2D eigenvalue weighted by Crippen LogP contribution is 2.30. The van der Waals surface area contributed by atoms with Gasteiger partial charge in [-0.3, -0.25) is 14.5 Å². The van der Waals surface area contributed by atoms with Gasteiger partial charge in [0.1, 0.15) is 12.4 Å². The number of benzene rings is 2. The SMILES string of the molecule is O=C(CN=C1NS(=O)(=O)c2ccccc21)Nc1cccc(C(F)(F)F)c1. The van der Waals surface area contributed by atoms with E-state index in [1.807, 2.05) is 0 Å². The first kappa shape index (κ1) is 17.9. The number of anilines is 1. The normalized spacial score (nSPS) is 16.8. The number of hydrogen-bond donors (Lipinski definition) is 2. The Hall–Kier alpha value is -2.88. The van der Waals surface area contributed by atoms with Crippen LogP contribution in [0.3, 0.4) is 0 Å². The second-order valence-electron chi connectivity index (χ2n) is 5.39. The van der Waals surface area contributed by atoms with Crippen LogP contribution in [-0.4, -0.2) is 26.7 Å². The second kappa shape index (κ2) is 6.45. The van der Waals surface area contributed by atoms with E-state index in [1.54, 1.807) is 12.1 Å². The number of sulfonamides is 1. The molecule has 0 spiro atoms. The molecule has 1 aliphatic heterocycles. The van der Waals surface area contributed by atoms with Gasteiger partial charge >= 0.3 is 6.18 Å². The monoisotopic (exact) mass is 383 g/mol. The van der Waals surface area contributed by atoms with E-state index in [2.05, 4.69) is 15.0 Å². The molecule has 0 unspecified atom stereocenters. The molecular formula is C16H12F3N3O3S. The predicted octanol–water partition coefficient (Wildman–Crippen LogP) is 2.38. The van der Waals surface area contributed by atoms with E-state index in [9.17, 15) is 26.4 Å². The maximum absolute atomic E-state index is 12.7. The van der Waals surface area contributed by atoms with E-state index < -0.39 is 34.2 Å². The van der Waals surface area contributed by atoms with Crippen molar-refractivity contribution in [2.45, 2.75) is 11.1 Å². The summed E-state index contributed by atoms with van der Waals surface area (Å²) in [5.74, 6) is -0.666. The van der Waals surface area contributed by atoms with Crippen LogP contribution in [0.25, 0.3) is 0 Å². The van der Waals surface area contributed by atoms with Crippen molar-refractivity contribution >= 4 is 27.5 Å². The molecule has 3 rings (SSSR count). The number of carbonyl (C=O) groups excluding carboxylic acids is 1. The summed E-state index contributed by atoms with van der Waals surface area (Å²) in [5, 5.41) is 2.30. The lowest BCUT2D eigenvalue weighted by molar-refractivity contribution is -0.137. The molecular weight excluding hydrogens is 371 g/mol. The molecule has 10 heteroatoms. The number of amidine groups is 1. The molecule has 136 valence electrons. The van der Waals surface area contributed by atoms with Crippen LogP contribution >= 0.6 is 0 Å². The number of amides is 1. The zero-order chi connectivity index (χ0) is 18.9. The Balaban J connectivity index is 1.73. The third kappa shape index (κ3) is 3.69. The average molecular weight is 383 g/mol. The Labute approximate surface area is 146 Å². The largest absolute Gasteiger partial charge is 0.416 e. The molecule has 2 N–H and O–H groups in total. The smallest absolute Gasteiger partial charge is 0.324 e. The molecule has 0 saturated heterocycles. The summed E-state index contributed by atoms with van der Waals surface area (Å²) >= 11 is 0. The highest BCUT2D eigenvalue weighted by Gasteiger charge is 2.31. The van der Waals surface area contributed by atoms with Gasteiger partial charge in [-0.2, -0.15) is 13.2 Å². The first-order valence-electron chi connectivity index (χ1n) is 7.30. The lowest BCUT2D eigenvalue weighted by Gasteiger charge is -2.09. The van der Waals surface area contributed by atoms with E-state index >= 15 is 0 Å². The molecule has 0 aliphatic carbocycles. The van der Waals surface area contributed by atoms with Gasteiger partial charge in [-0.15, -0.1) is 0 Å². The lowest BCUT2D eigenvalue weighted by Crippen LogP contribution is -2.24. The third-order valence-electron chi connectivity index (χ3n) is 3.52. The molecule has 0 fully saturated rings. The van der Waals surface area contributed by atoms with Gasteiger partial charge in [-0.25, -0.2) is 8.42 Å². The van der Waals surface area contributed by atoms with Crippen LogP contribution in [-0.2, 0) is 21.0 Å². The van der Waals surface area contributed by atoms with Crippen LogP contribution in [0.2, 0.25) is 0 Å². The summed E-state index contributed by atoms with van der Waals surface area (Å²) in [6, 6.07) is 10.3. The zero-order valence-corrected chi connectivity index (χ0v) is 13.9. The Bertz CT molecular complexity index is 1000. The molecule has 0 bridgehead atoms. The maximum atomic E-state index is 12.7. The number of nitrogens with zero attached hydrogens (tertiary/aromatic N) is 1. The van der Waals surface area contributed by atoms with E-state index in [0.717, 1.165) is 12.1 Å². The fourth-order valence-electron chi connectivity index (χ4n) is 2.38. The molecule has 6 nitrogen and oxygen atoms in total. The van der Waals surface area contributed by atoms with E-state index in [4.69, 9.17) is 0 Å². The Morgan fingerprint density at radius 2 is 1.85 bits per heavy atom. The van der Waals surface area contributed by atoms with Crippen molar-refractivity contribution in [1.82, 2.24) is 4.72 Å². The molecule has 0 atom stereocenters. The van der Waals surface area contributed by atoms with Gasteiger partial charge in [0.15, 0.2) is 0 Å². The van der Waals surface area contributed by atoms with Crippen molar-refractivity contribution in [2.24, 2.45) is 4.99 Å². The minimum absolute atomic E-state index is 0.0137. The van der Waals surface area contributed by atoms with Crippen molar-refractivity contribution in [3.05, 3.63) is 59.7 Å². The van der Waals surface area contributed by atoms with Crippen LogP contribution in [0.4, 0.5) is 18.9 Å². The maximum Gasteiger partial charge on any atom is 0.416 e. The van der Waals surface area contributed by atoms with E-state index in [1.165, 1.54) is 24.3 Å². The fraction of sp³-hybridized carbons (Fsp3) is 0.125. The summed E-state index contributed by atoms with van der Waals surface area (Å²) in [6.45, 7) is -0.456. The van der Waals surface area contributed by atoms with Crippen molar-refractivity contribution < 1.29 is 26.4 Å². The third-order valence-corrected chi connectivity index (χ3v) is 4.91. The van der Waals surface area contributed by atoms with Gasteiger partial charge in [0.2, 0.25) is 5.91 Å². The summed E-state index contributed by atoms with van der Waals surface area (Å²) in [5.41, 5.74) is -0.587. The predicted molar refractivity (Wildman–Crippen MR) is 88.2 cm³/mol. The van der Waals surface area contributed by atoms with Gasteiger partial charge in [0, 0.05) is 11.3 Å².